The number of nitrogens with zero attached hydrogens (tertiary/aromatic N) is 1. The Morgan fingerprint density at radius 3 is 2.47 bits per heavy atom. The van der Waals surface area contributed by atoms with Crippen molar-refractivity contribution in [2.45, 2.75) is 39.0 Å². The molecule has 1 saturated heterocycles. The van der Waals surface area contributed by atoms with Gasteiger partial charge in [-0.05, 0) is 25.7 Å². The lowest BCUT2D eigenvalue weighted by molar-refractivity contribution is -0.130. The Hall–Kier alpha value is -1.26. The van der Waals surface area contributed by atoms with Crippen LogP contribution in [0.5, 0.6) is 0 Å². The van der Waals surface area contributed by atoms with Crippen LogP contribution in [0.2, 0.25) is 0 Å². The summed E-state index contributed by atoms with van der Waals surface area (Å²) in [6.45, 7) is 4.51. The number of urea groups is 1. The molecule has 1 aliphatic heterocycles. The summed E-state index contributed by atoms with van der Waals surface area (Å²) in [5.41, 5.74) is 0. The molecule has 5 heteroatoms. The van der Waals surface area contributed by atoms with Gasteiger partial charge in [-0.15, -0.1) is 0 Å². The number of carbonyl (C=O) groups is 2. The van der Waals surface area contributed by atoms with E-state index in [1.807, 2.05) is 4.90 Å². The van der Waals surface area contributed by atoms with Crippen molar-refractivity contribution in [3.05, 3.63) is 0 Å². The average molecular weight is 241 g/mol. The van der Waals surface area contributed by atoms with Gasteiger partial charge in [-0.1, -0.05) is 13.3 Å². The van der Waals surface area contributed by atoms with Crippen LogP contribution < -0.4 is 10.6 Å². The summed E-state index contributed by atoms with van der Waals surface area (Å²) in [6.07, 6.45) is 5.37. The topological polar surface area (TPSA) is 61.4 Å². The minimum absolute atomic E-state index is 0.0235. The number of carbonyl (C=O) groups excluding carboxylic acids is 2. The first-order chi connectivity index (χ1) is 8.24. The number of unbranched alkanes of at least 4 members (excludes halogenated alkanes) is 1. The molecule has 0 bridgehead atoms. The Bertz CT molecular complexity index is 250. The molecule has 0 aromatic rings. The molecule has 0 atom stereocenters. The van der Waals surface area contributed by atoms with Crippen LogP contribution in [-0.2, 0) is 4.79 Å². The van der Waals surface area contributed by atoms with Crippen LogP contribution in [0.15, 0.2) is 0 Å². The van der Waals surface area contributed by atoms with Crippen LogP contribution >= 0.6 is 0 Å². The molecule has 0 aliphatic carbocycles. The molecule has 1 fully saturated rings. The van der Waals surface area contributed by atoms with E-state index in [9.17, 15) is 9.59 Å². The quantitative estimate of drug-likeness (QED) is 0.708. The smallest absolute Gasteiger partial charge is 0.315 e. The fourth-order valence-corrected chi connectivity index (χ4v) is 1.85. The predicted octanol–water partition coefficient (Wildman–Crippen LogP) is 1.10. The summed E-state index contributed by atoms with van der Waals surface area (Å²) in [7, 11) is 0. The number of nitrogens with one attached hydrogen (secondary N) is 2. The van der Waals surface area contributed by atoms with Crippen molar-refractivity contribution in [1.82, 2.24) is 15.5 Å². The van der Waals surface area contributed by atoms with Crippen molar-refractivity contribution in [3.8, 4) is 0 Å². The molecule has 3 amide bonds. The van der Waals surface area contributed by atoms with E-state index in [1.165, 1.54) is 6.42 Å². The van der Waals surface area contributed by atoms with E-state index < -0.39 is 0 Å². The molecule has 0 aromatic carbocycles. The lowest BCUT2D eigenvalue weighted by atomic mass is 10.1. The minimum Gasteiger partial charge on any atom is -0.341 e. The van der Waals surface area contributed by atoms with Crippen LogP contribution in [-0.4, -0.2) is 43.0 Å². The highest BCUT2D eigenvalue weighted by Crippen LogP contribution is 2.07. The van der Waals surface area contributed by atoms with Crippen molar-refractivity contribution < 1.29 is 9.59 Å². The second-order valence-electron chi connectivity index (χ2n) is 4.40. The first-order valence-corrected chi connectivity index (χ1v) is 6.53. The zero-order valence-electron chi connectivity index (χ0n) is 10.6. The van der Waals surface area contributed by atoms with Crippen LogP contribution in [0, 0.1) is 0 Å². The monoisotopic (exact) mass is 241 g/mol. The van der Waals surface area contributed by atoms with Crippen molar-refractivity contribution in [2.75, 3.05) is 26.2 Å². The second-order valence-corrected chi connectivity index (χ2v) is 4.40. The van der Waals surface area contributed by atoms with Gasteiger partial charge in [0.1, 0.15) is 0 Å². The van der Waals surface area contributed by atoms with Crippen LogP contribution in [0.25, 0.3) is 0 Å². The molecule has 0 aromatic heterocycles. The lowest BCUT2D eigenvalue weighted by Crippen LogP contribution is -2.45. The third kappa shape index (κ3) is 5.56. The Morgan fingerprint density at radius 1 is 1.12 bits per heavy atom. The standard InChI is InChI=1S/C12H23N3O2/c1-2-3-7-13-12(17)14-10-11(16)15-8-5-4-6-9-15/h2-10H2,1H3,(H2,13,14,17). The molecule has 1 rings (SSSR count). The Balaban J connectivity index is 2.11. The normalized spacial score (nSPS) is 15.5. The highest BCUT2D eigenvalue weighted by Gasteiger charge is 2.16. The molecule has 98 valence electrons. The second kappa shape index (κ2) is 7.92. The van der Waals surface area contributed by atoms with Crippen molar-refractivity contribution in [3.63, 3.8) is 0 Å². The van der Waals surface area contributed by atoms with Crippen molar-refractivity contribution >= 4 is 11.9 Å². The van der Waals surface area contributed by atoms with Crippen LogP contribution in [0.3, 0.4) is 0 Å². The van der Waals surface area contributed by atoms with Gasteiger partial charge in [0.25, 0.3) is 0 Å². The van der Waals surface area contributed by atoms with Gasteiger partial charge in [-0.2, -0.15) is 0 Å². The van der Waals surface area contributed by atoms with Gasteiger partial charge in [-0.25, -0.2) is 4.79 Å². The summed E-state index contributed by atoms with van der Waals surface area (Å²) < 4.78 is 0. The highest BCUT2D eigenvalue weighted by atomic mass is 16.2. The predicted molar refractivity (Wildman–Crippen MR) is 66.7 cm³/mol. The molecular formula is C12H23N3O2. The summed E-state index contributed by atoms with van der Waals surface area (Å²) in [5.74, 6) is 0.0235. The molecule has 17 heavy (non-hydrogen) atoms. The summed E-state index contributed by atoms with van der Waals surface area (Å²) >= 11 is 0. The van der Waals surface area contributed by atoms with E-state index in [2.05, 4.69) is 17.6 Å². The molecule has 1 aliphatic rings. The van der Waals surface area contributed by atoms with E-state index in [1.54, 1.807) is 0 Å². The minimum atomic E-state index is -0.246. The molecule has 0 unspecified atom stereocenters. The van der Waals surface area contributed by atoms with E-state index in [0.717, 1.165) is 38.8 Å². The Labute approximate surface area is 103 Å². The summed E-state index contributed by atoms with van der Waals surface area (Å²) in [5, 5.41) is 5.32. The third-order valence-electron chi connectivity index (χ3n) is 2.92. The zero-order chi connectivity index (χ0) is 12.5. The molecule has 1 heterocycles. The Kier molecular flexibility index (Phi) is 6.43. The lowest BCUT2D eigenvalue weighted by Gasteiger charge is -2.26. The van der Waals surface area contributed by atoms with Gasteiger partial charge in [0, 0.05) is 19.6 Å². The number of piperidine rings is 1. The Morgan fingerprint density at radius 2 is 1.82 bits per heavy atom. The molecular weight excluding hydrogens is 218 g/mol. The van der Waals surface area contributed by atoms with Gasteiger partial charge in [0.15, 0.2) is 0 Å². The SMILES string of the molecule is CCCCNC(=O)NCC(=O)N1CCCCC1. The maximum absolute atomic E-state index is 11.7. The van der Waals surface area contributed by atoms with Crippen molar-refractivity contribution in [1.29, 1.82) is 0 Å². The van der Waals surface area contributed by atoms with Gasteiger partial charge in [0.2, 0.25) is 5.91 Å². The van der Waals surface area contributed by atoms with E-state index in [4.69, 9.17) is 0 Å². The number of likely N-dealkylation sites (tertiary alicyclic amines) is 1. The molecule has 0 spiro atoms. The number of hydrogen-bond donors (Lipinski definition) is 2. The first-order valence-electron chi connectivity index (χ1n) is 6.53. The molecule has 0 saturated carbocycles. The largest absolute Gasteiger partial charge is 0.341 e. The highest BCUT2D eigenvalue weighted by molar-refractivity contribution is 5.83. The molecule has 5 nitrogen and oxygen atoms in total. The zero-order valence-corrected chi connectivity index (χ0v) is 10.6. The van der Waals surface area contributed by atoms with E-state index >= 15 is 0 Å². The van der Waals surface area contributed by atoms with Gasteiger partial charge in [0.05, 0.1) is 6.54 Å². The fraction of sp³-hybridized carbons (Fsp3) is 0.833. The maximum atomic E-state index is 11.7. The van der Waals surface area contributed by atoms with Crippen LogP contribution in [0.4, 0.5) is 4.79 Å². The molecule has 0 radical (unpaired) electrons. The van der Waals surface area contributed by atoms with E-state index in [0.29, 0.717) is 6.54 Å². The third-order valence-corrected chi connectivity index (χ3v) is 2.92. The number of hydrogen-bond acceptors (Lipinski definition) is 2. The molecule has 2 N–H and O–H groups in total. The first kappa shape index (κ1) is 13.8. The number of rotatable bonds is 5. The maximum Gasteiger partial charge on any atom is 0.315 e. The van der Waals surface area contributed by atoms with Gasteiger partial charge < -0.3 is 15.5 Å². The van der Waals surface area contributed by atoms with E-state index in [-0.39, 0.29) is 18.5 Å². The van der Waals surface area contributed by atoms with Crippen LogP contribution in [0.1, 0.15) is 39.0 Å². The summed E-state index contributed by atoms with van der Waals surface area (Å²) in [4.78, 5) is 24.9. The summed E-state index contributed by atoms with van der Waals surface area (Å²) in [6, 6.07) is -0.246. The average Bonchev–Trinajstić information content (AvgIpc) is 2.37. The number of amides is 3. The van der Waals surface area contributed by atoms with Crippen molar-refractivity contribution in [2.24, 2.45) is 0 Å². The fourth-order valence-electron chi connectivity index (χ4n) is 1.85. The van der Waals surface area contributed by atoms with Gasteiger partial charge >= 0.3 is 6.03 Å². The van der Waals surface area contributed by atoms with Gasteiger partial charge in [-0.3, -0.25) is 4.79 Å².